The van der Waals surface area contributed by atoms with Crippen LogP contribution in [0.3, 0.4) is 0 Å². The first kappa shape index (κ1) is 14.3. The van der Waals surface area contributed by atoms with Gasteiger partial charge in [0, 0.05) is 18.0 Å². The molecule has 2 unspecified atom stereocenters. The highest BCUT2D eigenvalue weighted by molar-refractivity contribution is 7.91. The molecular weight excluding hydrogens is 269 g/mol. The van der Waals surface area contributed by atoms with Gasteiger partial charge in [-0.2, -0.15) is 0 Å². The molecule has 2 rings (SSSR count). The largest absolute Gasteiger partial charge is 0.489 e. The second-order valence-electron chi connectivity index (χ2n) is 4.94. The molecule has 0 spiro atoms. The van der Waals surface area contributed by atoms with E-state index in [0.29, 0.717) is 18.6 Å². The van der Waals surface area contributed by atoms with E-state index in [-0.39, 0.29) is 23.4 Å². The summed E-state index contributed by atoms with van der Waals surface area (Å²) in [5.74, 6) is 0.130. The first-order valence-corrected chi connectivity index (χ1v) is 8.13. The SMILES string of the molecule is CCC(N)CS(=O)(=O)CC1Cc2cc(F)ccc2O1. The molecule has 4 nitrogen and oxygen atoms in total. The molecule has 19 heavy (non-hydrogen) atoms. The predicted molar refractivity (Wildman–Crippen MR) is 71.4 cm³/mol. The van der Waals surface area contributed by atoms with Gasteiger partial charge in [-0.05, 0) is 24.6 Å². The van der Waals surface area contributed by atoms with Crippen LogP contribution in [-0.4, -0.2) is 32.1 Å². The van der Waals surface area contributed by atoms with Crippen molar-refractivity contribution < 1.29 is 17.5 Å². The fourth-order valence-electron chi connectivity index (χ4n) is 2.18. The van der Waals surface area contributed by atoms with Crippen LogP contribution < -0.4 is 10.5 Å². The third-order valence-electron chi connectivity index (χ3n) is 3.20. The fourth-order valence-corrected chi connectivity index (χ4v) is 3.95. The minimum Gasteiger partial charge on any atom is -0.489 e. The number of rotatable bonds is 5. The van der Waals surface area contributed by atoms with Crippen LogP contribution in [-0.2, 0) is 16.3 Å². The van der Waals surface area contributed by atoms with Crippen molar-refractivity contribution in [2.24, 2.45) is 5.73 Å². The Labute approximate surface area is 112 Å². The Bertz CT molecular complexity index is 559. The maximum atomic E-state index is 13.1. The van der Waals surface area contributed by atoms with Crippen LogP contribution in [0.15, 0.2) is 18.2 Å². The van der Waals surface area contributed by atoms with Crippen molar-refractivity contribution in [1.82, 2.24) is 0 Å². The van der Waals surface area contributed by atoms with Crippen molar-refractivity contribution in [1.29, 1.82) is 0 Å². The Morgan fingerprint density at radius 2 is 2.26 bits per heavy atom. The summed E-state index contributed by atoms with van der Waals surface area (Å²) < 4.78 is 42.5. The van der Waals surface area contributed by atoms with Crippen LogP contribution >= 0.6 is 0 Å². The lowest BCUT2D eigenvalue weighted by atomic mass is 10.1. The highest BCUT2D eigenvalue weighted by Gasteiger charge is 2.28. The monoisotopic (exact) mass is 287 g/mol. The van der Waals surface area contributed by atoms with Crippen molar-refractivity contribution in [2.45, 2.75) is 31.9 Å². The zero-order valence-corrected chi connectivity index (χ0v) is 11.6. The molecule has 2 N–H and O–H groups in total. The van der Waals surface area contributed by atoms with Crippen molar-refractivity contribution in [3.8, 4) is 5.75 Å². The number of hydrogen-bond donors (Lipinski definition) is 1. The molecule has 106 valence electrons. The van der Waals surface area contributed by atoms with E-state index < -0.39 is 15.9 Å². The molecule has 6 heteroatoms. The Kier molecular flexibility index (Phi) is 4.10. The third-order valence-corrected chi connectivity index (χ3v) is 5.01. The molecule has 0 aliphatic carbocycles. The number of hydrogen-bond acceptors (Lipinski definition) is 4. The molecule has 0 radical (unpaired) electrons. The molecule has 0 saturated carbocycles. The van der Waals surface area contributed by atoms with Crippen LogP contribution in [0.4, 0.5) is 4.39 Å². The zero-order chi connectivity index (χ0) is 14.0. The van der Waals surface area contributed by atoms with E-state index >= 15 is 0 Å². The summed E-state index contributed by atoms with van der Waals surface area (Å²) >= 11 is 0. The topological polar surface area (TPSA) is 69.4 Å². The average Bonchev–Trinajstić information content (AvgIpc) is 2.68. The van der Waals surface area contributed by atoms with Gasteiger partial charge < -0.3 is 10.5 Å². The summed E-state index contributed by atoms with van der Waals surface area (Å²) in [5.41, 5.74) is 6.39. The molecule has 1 heterocycles. The fraction of sp³-hybridized carbons (Fsp3) is 0.538. The van der Waals surface area contributed by atoms with Crippen LogP contribution in [0, 0.1) is 5.82 Å². The summed E-state index contributed by atoms with van der Waals surface area (Å²) in [5, 5.41) is 0. The van der Waals surface area contributed by atoms with Crippen molar-refractivity contribution in [3.05, 3.63) is 29.6 Å². The molecule has 2 atom stereocenters. The first-order valence-electron chi connectivity index (χ1n) is 6.30. The van der Waals surface area contributed by atoms with Crippen LogP contribution in [0.5, 0.6) is 5.75 Å². The summed E-state index contributed by atoms with van der Waals surface area (Å²) in [6.07, 6.45) is 0.606. The zero-order valence-electron chi connectivity index (χ0n) is 10.8. The maximum absolute atomic E-state index is 13.1. The van der Waals surface area contributed by atoms with E-state index in [2.05, 4.69) is 0 Å². The maximum Gasteiger partial charge on any atom is 0.155 e. The van der Waals surface area contributed by atoms with Gasteiger partial charge in [0.25, 0.3) is 0 Å². The summed E-state index contributed by atoms with van der Waals surface area (Å²) in [4.78, 5) is 0. The number of fused-ring (bicyclic) bond motifs is 1. The number of benzene rings is 1. The molecule has 0 saturated heterocycles. The van der Waals surface area contributed by atoms with Crippen LogP contribution in [0.1, 0.15) is 18.9 Å². The minimum absolute atomic E-state index is 0.0337. The molecule has 0 fully saturated rings. The van der Waals surface area contributed by atoms with E-state index in [4.69, 9.17) is 10.5 Å². The second kappa shape index (κ2) is 5.46. The quantitative estimate of drug-likeness (QED) is 0.885. The molecule has 1 aromatic carbocycles. The summed E-state index contributed by atoms with van der Waals surface area (Å²) in [6.45, 7) is 1.85. The van der Waals surface area contributed by atoms with E-state index in [1.165, 1.54) is 18.2 Å². The van der Waals surface area contributed by atoms with Gasteiger partial charge in [0.1, 0.15) is 17.7 Å². The van der Waals surface area contributed by atoms with Gasteiger partial charge in [0.15, 0.2) is 9.84 Å². The lowest BCUT2D eigenvalue weighted by molar-refractivity contribution is 0.256. The van der Waals surface area contributed by atoms with Crippen molar-refractivity contribution in [2.75, 3.05) is 11.5 Å². The van der Waals surface area contributed by atoms with Crippen LogP contribution in [0.25, 0.3) is 0 Å². The third kappa shape index (κ3) is 3.67. The highest BCUT2D eigenvalue weighted by Crippen LogP contribution is 2.29. The molecule has 0 aromatic heterocycles. The van der Waals surface area contributed by atoms with Gasteiger partial charge in [0.2, 0.25) is 0 Å². The lowest BCUT2D eigenvalue weighted by Crippen LogP contribution is -2.34. The average molecular weight is 287 g/mol. The minimum atomic E-state index is -3.25. The lowest BCUT2D eigenvalue weighted by Gasteiger charge is -2.13. The van der Waals surface area contributed by atoms with Gasteiger partial charge in [-0.1, -0.05) is 6.92 Å². The number of sulfone groups is 1. The van der Waals surface area contributed by atoms with Gasteiger partial charge in [-0.15, -0.1) is 0 Å². The molecular formula is C13H18FNO3S. The Morgan fingerprint density at radius 1 is 1.53 bits per heavy atom. The molecule has 1 aliphatic heterocycles. The second-order valence-corrected chi connectivity index (χ2v) is 7.10. The molecule has 1 aliphatic rings. The number of halogens is 1. The van der Waals surface area contributed by atoms with Crippen molar-refractivity contribution >= 4 is 9.84 Å². The van der Waals surface area contributed by atoms with E-state index in [1.54, 1.807) is 0 Å². The molecule has 1 aromatic rings. The van der Waals surface area contributed by atoms with E-state index in [1.807, 2.05) is 6.92 Å². The number of nitrogens with two attached hydrogens (primary N) is 1. The van der Waals surface area contributed by atoms with Gasteiger partial charge in [-0.3, -0.25) is 0 Å². The summed E-state index contributed by atoms with van der Waals surface area (Å²) in [6, 6.07) is 3.89. The van der Waals surface area contributed by atoms with Gasteiger partial charge in [-0.25, -0.2) is 12.8 Å². The van der Waals surface area contributed by atoms with Gasteiger partial charge in [0.05, 0.1) is 11.5 Å². The van der Waals surface area contributed by atoms with Crippen LogP contribution in [0.2, 0.25) is 0 Å². The molecule has 0 amide bonds. The highest BCUT2D eigenvalue weighted by atomic mass is 32.2. The summed E-state index contributed by atoms with van der Waals surface area (Å²) in [7, 11) is -3.25. The smallest absolute Gasteiger partial charge is 0.155 e. The molecule has 0 bridgehead atoms. The first-order chi connectivity index (χ1) is 8.89. The number of ether oxygens (including phenoxy) is 1. The Morgan fingerprint density at radius 3 is 2.95 bits per heavy atom. The normalized spacial score (nSPS) is 19.8. The Hall–Kier alpha value is -1.14. The predicted octanol–water partition coefficient (Wildman–Crippen LogP) is 1.28. The Balaban J connectivity index is 2.00. The van der Waals surface area contributed by atoms with Crippen molar-refractivity contribution in [3.63, 3.8) is 0 Å². The van der Waals surface area contributed by atoms with E-state index in [0.717, 1.165) is 5.56 Å². The van der Waals surface area contributed by atoms with E-state index in [9.17, 15) is 12.8 Å². The standard InChI is InChI=1S/C13H18FNO3S/c1-2-11(15)7-19(16,17)8-12-6-9-5-10(14)3-4-13(9)18-12/h3-5,11-12H,2,6-8,15H2,1H3. The van der Waals surface area contributed by atoms with Gasteiger partial charge >= 0.3 is 0 Å².